The molecule has 3 amide bonds. The molecule has 7 heteroatoms. The Morgan fingerprint density at radius 3 is 2.52 bits per heavy atom. The van der Waals surface area contributed by atoms with Crippen LogP contribution < -0.4 is 10.6 Å². The highest BCUT2D eigenvalue weighted by Crippen LogP contribution is 2.37. The van der Waals surface area contributed by atoms with Gasteiger partial charge in [-0.25, -0.2) is 0 Å². The number of carbonyl (C=O) groups is 3. The molecule has 0 spiro atoms. The van der Waals surface area contributed by atoms with E-state index in [-0.39, 0.29) is 30.1 Å². The number of nitrogens with one attached hydrogen (secondary N) is 2. The van der Waals surface area contributed by atoms with Crippen LogP contribution in [0.25, 0.3) is 0 Å². The summed E-state index contributed by atoms with van der Waals surface area (Å²) in [6.07, 6.45) is 2.41. The summed E-state index contributed by atoms with van der Waals surface area (Å²) >= 11 is 5.90. The number of amides is 3. The van der Waals surface area contributed by atoms with Gasteiger partial charge in [0.2, 0.25) is 17.7 Å². The third-order valence-electron chi connectivity index (χ3n) is 5.05. The van der Waals surface area contributed by atoms with Gasteiger partial charge in [-0.3, -0.25) is 14.4 Å². The maximum Gasteiger partial charge on any atom is 0.247 e. The molecule has 0 aromatic heterocycles. The first kappa shape index (κ1) is 19.7. The molecule has 1 unspecified atom stereocenters. The van der Waals surface area contributed by atoms with Crippen molar-refractivity contribution in [2.75, 3.05) is 18.4 Å². The highest BCUT2D eigenvalue weighted by atomic mass is 35.5. The summed E-state index contributed by atoms with van der Waals surface area (Å²) in [6.45, 7) is 4.52. The highest BCUT2D eigenvalue weighted by molar-refractivity contribution is 6.30. The fourth-order valence-corrected chi connectivity index (χ4v) is 3.70. The Morgan fingerprint density at radius 1 is 1.22 bits per heavy atom. The minimum Gasteiger partial charge on any atom is -0.354 e. The predicted octanol–water partition coefficient (Wildman–Crippen LogP) is 2.82. The number of benzene rings is 1. The molecule has 1 atom stereocenters. The summed E-state index contributed by atoms with van der Waals surface area (Å²) in [5.74, 6) is -0.139. The summed E-state index contributed by atoms with van der Waals surface area (Å²) in [7, 11) is 0. The normalized spacial score (nSPS) is 21.5. The molecule has 3 rings (SSSR count). The van der Waals surface area contributed by atoms with Crippen LogP contribution in [0.3, 0.4) is 0 Å². The van der Waals surface area contributed by atoms with Crippen LogP contribution in [0.1, 0.15) is 39.5 Å². The number of hydrogen-bond acceptors (Lipinski definition) is 3. The summed E-state index contributed by atoms with van der Waals surface area (Å²) in [5, 5.41) is 6.37. The Bertz CT molecular complexity index is 728. The zero-order valence-electron chi connectivity index (χ0n) is 15.8. The number of carbonyl (C=O) groups excluding carboxylic acids is 3. The number of halogens is 1. The van der Waals surface area contributed by atoms with E-state index in [1.54, 1.807) is 29.2 Å². The molecule has 0 radical (unpaired) electrons. The van der Waals surface area contributed by atoms with Crippen molar-refractivity contribution in [3.05, 3.63) is 29.3 Å². The van der Waals surface area contributed by atoms with Gasteiger partial charge in [-0.1, -0.05) is 25.4 Å². The van der Waals surface area contributed by atoms with Crippen molar-refractivity contribution in [3.63, 3.8) is 0 Å². The first-order valence-corrected chi connectivity index (χ1v) is 9.75. The van der Waals surface area contributed by atoms with Crippen LogP contribution in [0.2, 0.25) is 5.02 Å². The predicted molar refractivity (Wildman–Crippen MR) is 104 cm³/mol. The largest absolute Gasteiger partial charge is 0.354 e. The van der Waals surface area contributed by atoms with E-state index in [1.165, 1.54) is 0 Å². The second-order valence-electron chi connectivity index (χ2n) is 8.23. The summed E-state index contributed by atoms with van der Waals surface area (Å²) in [6, 6.07) is 6.40. The summed E-state index contributed by atoms with van der Waals surface area (Å²) < 4.78 is 0. The minimum absolute atomic E-state index is 0.0526. The standard InChI is InChI=1S/C20H26ClN3O3/c1-20(2)11-16(25)22-9-10-24(17(26)12-20)18(13-3-4-13)19(27)23-15-7-5-14(21)6-8-15/h5-8,13,18H,3-4,9-12H2,1-2H3,(H,22,25)(H,23,27). The highest BCUT2D eigenvalue weighted by Gasteiger charge is 2.43. The van der Waals surface area contributed by atoms with Crippen molar-refractivity contribution in [3.8, 4) is 0 Å². The van der Waals surface area contributed by atoms with Crippen LogP contribution in [0.15, 0.2) is 24.3 Å². The van der Waals surface area contributed by atoms with Gasteiger partial charge in [-0.15, -0.1) is 0 Å². The molecule has 1 aromatic carbocycles. The molecule has 1 aliphatic heterocycles. The zero-order chi connectivity index (χ0) is 19.6. The van der Waals surface area contributed by atoms with Gasteiger partial charge in [0.1, 0.15) is 6.04 Å². The van der Waals surface area contributed by atoms with Gasteiger partial charge in [0.05, 0.1) is 0 Å². The van der Waals surface area contributed by atoms with E-state index in [0.717, 1.165) is 12.8 Å². The minimum atomic E-state index is -0.515. The van der Waals surface area contributed by atoms with E-state index in [2.05, 4.69) is 10.6 Å². The Kier molecular flexibility index (Phi) is 5.75. The number of hydrogen-bond donors (Lipinski definition) is 2. The average molecular weight is 392 g/mol. The number of nitrogens with zero attached hydrogens (tertiary/aromatic N) is 1. The van der Waals surface area contributed by atoms with Crippen LogP contribution in [-0.4, -0.2) is 41.8 Å². The Balaban J connectivity index is 1.79. The van der Waals surface area contributed by atoms with Gasteiger partial charge in [0.25, 0.3) is 0 Å². The molecular weight excluding hydrogens is 366 g/mol. The lowest BCUT2D eigenvalue weighted by molar-refractivity contribution is -0.141. The van der Waals surface area contributed by atoms with E-state index < -0.39 is 11.5 Å². The molecule has 1 aliphatic carbocycles. The monoisotopic (exact) mass is 391 g/mol. The third-order valence-corrected chi connectivity index (χ3v) is 5.30. The zero-order valence-corrected chi connectivity index (χ0v) is 16.5. The second-order valence-corrected chi connectivity index (χ2v) is 8.67. The van der Waals surface area contributed by atoms with Crippen molar-refractivity contribution in [2.45, 2.75) is 45.6 Å². The van der Waals surface area contributed by atoms with E-state index in [1.807, 2.05) is 13.8 Å². The third kappa shape index (κ3) is 5.22. The van der Waals surface area contributed by atoms with E-state index in [9.17, 15) is 14.4 Å². The van der Waals surface area contributed by atoms with Crippen LogP contribution in [-0.2, 0) is 14.4 Å². The van der Waals surface area contributed by atoms with Crippen molar-refractivity contribution >= 4 is 35.0 Å². The Hall–Kier alpha value is -2.08. The van der Waals surface area contributed by atoms with E-state index in [4.69, 9.17) is 11.6 Å². The smallest absolute Gasteiger partial charge is 0.247 e. The molecular formula is C20H26ClN3O3. The Morgan fingerprint density at radius 2 is 1.89 bits per heavy atom. The van der Waals surface area contributed by atoms with Crippen molar-refractivity contribution < 1.29 is 14.4 Å². The maximum atomic E-state index is 13.0. The van der Waals surface area contributed by atoms with Gasteiger partial charge < -0.3 is 15.5 Å². The van der Waals surface area contributed by atoms with Gasteiger partial charge in [-0.05, 0) is 48.4 Å². The molecule has 6 nitrogen and oxygen atoms in total. The van der Waals surface area contributed by atoms with Gasteiger partial charge in [-0.2, -0.15) is 0 Å². The first-order valence-electron chi connectivity index (χ1n) is 9.38. The SMILES string of the molecule is CC1(C)CC(=O)NCCN(C(C(=O)Nc2ccc(Cl)cc2)C2CC2)C(=O)C1. The molecule has 2 aliphatic rings. The fraction of sp³-hybridized carbons (Fsp3) is 0.550. The summed E-state index contributed by atoms with van der Waals surface area (Å²) in [4.78, 5) is 39.7. The summed E-state index contributed by atoms with van der Waals surface area (Å²) in [5.41, 5.74) is 0.213. The van der Waals surface area contributed by atoms with Crippen molar-refractivity contribution in [2.24, 2.45) is 11.3 Å². The lowest BCUT2D eigenvalue weighted by Gasteiger charge is -2.32. The van der Waals surface area contributed by atoms with Crippen LogP contribution >= 0.6 is 11.6 Å². The number of anilines is 1. The van der Waals surface area contributed by atoms with Gasteiger partial charge in [0.15, 0.2) is 0 Å². The molecule has 146 valence electrons. The van der Waals surface area contributed by atoms with Crippen LogP contribution in [0.4, 0.5) is 5.69 Å². The molecule has 2 N–H and O–H groups in total. The molecule has 2 fully saturated rings. The van der Waals surface area contributed by atoms with E-state index in [0.29, 0.717) is 30.2 Å². The van der Waals surface area contributed by atoms with Crippen molar-refractivity contribution in [1.29, 1.82) is 0 Å². The molecule has 0 bridgehead atoms. The Labute approximate surface area is 164 Å². The second kappa shape index (κ2) is 7.89. The molecule has 1 aromatic rings. The van der Waals surface area contributed by atoms with Crippen LogP contribution in [0.5, 0.6) is 0 Å². The lowest BCUT2D eigenvalue weighted by Crippen LogP contribution is -2.51. The topological polar surface area (TPSA) is 78.5 Å². The lowest BCUT2D eigenvalue weighted by atomic mass is 9.84. The molecule has 1 heterocycles. The fourth-order valence-electron chi connectivity index (χ4n) is 3.58. The van der Waals surface area contributed by atoms with Crippen molar-refractivity contribution in [1.82, 2.24) is 10.2 Å². The van der Waals surface area contributed by atoms with Gasteiger partial charge in [0, 0.05) is 36.6 Å². The average Bonchev–Trinajstić information content (AvgIpc) is 3.38. The quantitative estimate of drug-likeness (QED) is 0.828. The molecule has 27 heavy (non-hydrogen) atoms. The number of rotatable bonds is 4. The van der Waals surface area contributed by atoms with Crippen LogP contribution in [0, 0.1) is 11.3 Å². The van der Waals surface area contributed by atoms with Gasteiger partial charge >= 0.3 is 0 Å². The first-order chi connectivity index (χ1) is 12.7. The van der Waals surface area contributed by atoms with E-state index >= 15 is 0 Å². The molecule has 1 saturated heterocycles. The molecule has 1 saturated carbocycles. The maximum absolute atomic E-state index is 13.0.